The fraction of sp³-hybridized carbons (Fsp3) is 0.241. The number of aryl methyl sites for hydroxylation is 2. The molecule has 0 radical (unpaired) electrons. The highest BCUT2D eigenvalue weighted by molar-refractivity contribution is 7.92. The number of pyridine rings is 1. The Balaban J connectivity index is 1.67. The maximum atomic E-state index is 11.9. The van der Waals surface area contributed by atoms with Gasteiger partial charge in [0.05, 0.1) is 53.5 Å². The number of aromatic nitrogens is 2. The summed E-state index contributed by atoms with van der Waals surface area (Å²) < 4.78 is 33.9. The SMILES string of the molecule is COc1cc([N+](=O)[O-])ccc1-n1c(C)cc([C@H]2[C@@H](c3ccccn3)NC(=S)N2c2ccc(NS(C)(=O)=O)c(C)c2)c1C. The Labute approximate surface area is 249 Å². The van der Waals surface area contributed by atoms with E-state index >= 15 is 0 Å². The molecule has 11 nitrogen and oxygen atoms in total. The molecule has 0 amide bonds. The predicted molar refractivity (Wildman–Crippen MR) is 166 cm³/mol. The predicted octanol–water partition coefficient (Wildman–Crippen LogP) is 5.26. The summed E-state index contributed by atoms with van der Waals surface area (Å²) in [6, 6.07) is 17.2. The van der Waals surface area contributed by atoms with Crippen molar-refractivity contribution >= 4 is 44.4 Å². The number of hydrogen-bond acceptors (Lipinski definition) is 7. The van der Waals surface area contributed by atoms with Crippen molar-refractivity contribution in [1.29, 1.82) is 0 Å². The number of nitro benzene ring substituents is 1. The Morgan fingerprint density at radius 3 is 2.48 bits per heavy atom. The number of nitro groups is 1. The summed E-state index contributed by atoms with van der Waals surface area (Å²) in [6.45, 7) is 5.79. The van der Waals surface area contributed by atoms with Gasteiger partial charge in [-0.2, -0.15) is 0 Å². The third-order valence-corrected chi connectivity index (χ3v) is 8.19. The minimum atomic E-state index is -3.45. The molecule has 13 heteroatoms. The van der Waals surface area contributed by atoms with Crippen LogP contribution in [0.5, 0.6) is 5.75 Å². The van der Waals surface area contributed by atoms with Gasteiger partial charge < -0.3 is 19.5 Å². The van der Waals surface area contributed by atoms with Crippen LogP contribution < -0.4 is 19.7 Å². The van der Waals surface area contributed by atoms with Crippen molar-refractivity contribution in [2.75, 3.05) is 23.0 Å². The van der Waals surface area contributed by atoms with Gasteiger partial charge >= 0.3 is 0 Å². The number of methoxy groups -OCH3 is 1. The molecule has 3 heterocycles. The van der Waals surface area contributed by atoms with E-state index in [4.69, 9.17) is 17.0 Å². The van der Waals surface area contributed by atoms with E-state index in [1.54, 1.807) is 18.3 Å². The van der Waals surface area contributed by atoms with Crippen molar-refractivity contribution < 1.29 is 18.1 Å². The van der Waals surface area contributed by atoms with Crippen LogP contribution in [-0.2, 0) is 10.0 Å². The number of sulfonamides is 1. The van der Waals surface area contributed by atoms with E-state index in [9.17, 15) is 18.5 Å². The van der Waals surface area contributed by atoms with Crippen LogP contribution in [-0.4, -0.2) is 41.4 Å². The van der Waals surface area contributed by atoms with Gasteiger partial charge in [-0.3, -0.25) is 19.8 Å². The van der Waals surface area contributed by atoms with Crippen molar-refractivity contribution in [3.8, 4) is 11.4 Å². The van der Waals surface area contributed by atoms with E-state index < -0.39 is 14.9 Å². The lowest BCUT2D eigenvalue weighted by Crippen LogP contribution is -2.29. The zero-order valence-corrected chi connectivity index (χ0v) is 25.3. The summed E-state index contributed by atoms with van der Waals surface area (Å²) in [5.41, 5.74) is 6.18. The minimum Gasteiger partial charge on any atom is -0.494 e. The quantitative estimate of drug-likeness (QED) is 0.157. The van der Waals surface area contributed by atoms with Gasteiger partial charge in [0.25, 0.3) is 5.69 Å². The van der Waals surface area contributed by atoms with Gasteiger partial charge in [0.15, 0.2) is 5.11 Å². The smallest absolute Gasteiger partial charge is 0.273 e. The number of ether oxygens (including phenoxy) is 1. The molecule has 2 aromatic heterocycles. The number of rotatable bonds is 8. The number of non-ortho nitro benzene ring substituents is 1. The van der Waals surface area contributed by atoms with Crippen molar-refractivity contribution in [3.63, 3.8) is 0 Å². The average Bonchev–Trinajstić information content (AvgIpc) is 3.43. The first kappa shape index (κ1) is 29.0. The summed E-state index contributed by atoms with van der Waals surface area (Å²) >= 11 is 5.88. The topological polar surface area (TPSA) is 132 Å². The van der Waals surface area contributed by atoms with Gasteiger partial charge in [0, 0.05) is 29.3 Å². The molecule has 0 spiro atoms. The van der Waals surface area contributed by atoms with Gasteiger partial charge in [-0.05, 0) is 86.6 Å². The second-order valence-corrected chi connectivity index (χ2v) is 12.3. The molecular weight excluding hydrogens is 576 g/mol. The lowest BCUT2D eigenvalue weighted by Gasteiger charge is -2.29. The number of benzene rings is 2. The summed E-state index contributed by atoms with van der Waals surface area (Å²) in [5, 5.41) is 15.3. The molecule has 2 aromatic carbocycles. The van der Waals surface area contributed by atoms with Crippen LogP contribution in [0.3, 0.4) is 0 Å². The van der Waals surface area contributed by atoms with Crippen molar-refractivity contribution in [1.82, 2.24) is 14.9 Å². The zero-order valence-electron chi connectivity index (χ0n) is 23.7. The molecule has 2 N–H and O–H groups in total. The first-order chi connectivity index (χ1) is 19.9. The van der Waals surface area contributed by atoms with Gasteiger partial charge in [0.1, 0.15) is 5.75 Å². The Kier molecular flexibility index (Phi) is 7.64. The number of hydrogen-bond donors (Lipinski definition) is 2. The van der Waals surface area contributed by atoms with Crippen molar-refractivity contribution in [2.45, 2.75) is 32.9 Å². The Hall–Kier alpha value is -4.49. The molecule has 0 bridgehead atoms. The molecule has 42 heavy (non-hydrogen) atoms. The second kappa shape index (κ2) is 11.1. The molecule has 0 unspecified atom stereocenters. The standard InChI is InChI=1S/C29H30N6O5S2/c1-17-14-20(9-11-23(17)32-42(5,38)39)34-28(27(31-29(34)41)24-8-6-7-13-30-24)22-15-18(2)33(19(22)3)25-12-10-21(35(36)37)16-26(25)40-4/h6-16,27-28,32H,1-5H3,(H,31,41)/t27-,28+/m1/s1. The number of nitrogens with one attached hydrogen (secondary N) is 2. The average molecular weight is 607 g/mol. The Morgan fingerprint density at radius 1 is 1.10 bits per heavy atom. The summed E-state index contributed by atoms with van der Waals surface area (Å²) in [4.78, 5) is 17.6. The molecule has 0 aliphatic carbocycles. The van der Waals surface area contributed by atoms with E-state index in [1.165, 1.54) is 19.2 Å². The highest BCUT2D eigenvalue weighted by Gasteiger charge is 2.42. The van der Waals surface area contributed by atoms with Crippen LogP contribution in [0.4, 0.5) is 17.1 Å². The lowest BCUT2D eigenvalue weighted by molar-refractivity contribution is -0.384. The fourth-order valence-corrected chi connectivity index (χ4v) is 6.46. The highest BCUT2D eigenvalue weighted by atomic mass is 32.2. The van der Waals surface area contributed by atoms with E-state index in [2.05, 4.69) is 21.1 Å². The van der Waals surface area contributed by atoms with Gasteiger partial charge in [-0.1, -0.05) is 6.07 Å². The minimum absolute atomic E-state index is 0.0609. The zero-order chi connectivity index (χ0) is 30.3. The maximum Gasteiger partial charge on any atom is 0.273 e. The van der Waals surface area contributed by atoms with Gasteiger partial charge in [-0.25, -0.2) is 8.42 Å². The molecule has 4 aromatic rings. The van der Waals surface area contributed by atoms with Crippen molar-refractivity contribution in [2.24, 2.45) is 0 Å². The first-order valence-electron chi connectivity index (χ1n) is 13.0. The molecule has 1 aliphatic heterocycles. The summed E-state index contributed by atoms with van der Waals surface area (Å²) in [7, 11) is -1.96. The van der Waals surface area contributed by atoms with Crippen LogP contribution in [0.15, 0.2) is 66.9 Å². The lowest BCUT2D eigenvalue weighted by atomic mass is 9.96. The van der Waals surface area contributed by atoms with Crippen LogP contribution in [0, 0.1) is 30.9 Å². The van der Waals surface area contributed by atoms with Crippen LogP contribution in [0.2, 0.25) is 0 Å². The number of thiocarbonyl (C=S) groups is 1. The maximum absolute atomic E-state index is 11.9. The van der Waals surface area contributed by atoms with E-state index in [0.29, 0.717) is 22.2 Å². The van der Waals surface area contributed by atoms with Crippen molar-refractivity contribution in [3.05, 3.63) is 105 Å². The number of nitrogens with zero attached hydrogens (tertiary/aromatic N) is 4. The van der Waals surface area contributed by atoms with Crippen LogP contribution in [0.25, 0.3) is 5.69 Å². The molecule has 0 saturated carbocycles. The third kappa shape index (κ3) is 5.40. The van der Waals surface area contributed by atoms with E-state index in [1.807, 2.05) is 60.6 Å². The molecule has 1 fully saturated rings. The largest absolute Gasteiger partial charge is 0.494 e. The number of anilines is 2. The third-order valence-electron chi connectivity index (χ3n) is 7.29. The normalized spacial score (nSPS) is 16.8. The monoisotopic (exact) mass is 606 g/mol. The van der Waals surface area contributed by atoms with E-state index in [-0.39, 0.29) is 17.8 Å². The molecule has 1 aliphatic rings. The van der Waals surface area contributed by atoms with Crippen LogP contribution in [0.1, 0.15) is 40.3 Å². The highest BCUT2D eigenvalue weighted by Crippen LogP contribution is 2.45. The summed E-state index contributed by atoms with van der Waals surface area (Å²) in [6.07, 6.45) is 2.85. The molecular formula is C29H30N6O5S2. The molecule has 218 valence electrons. The van der Waals surface area contributed by atoms with Gasteiger partial charge in [0.2, 0.25) is 10.0 Å². The molecule has 1 saturated heterocycles. The van der Waals surface area contributed by atoms with E-state index in [0.717, 1.165) is 40.2 Å². The fourth-order valence-electron chi connectivity index (χ4n) is 5.48. The molecule has 2 atom stereocenters. The Morgan fingerprint density at radius 2 is 1.86 bits per heavy atom. The molecule has 5 rings (SSSR count). The van der Waals surface area contributed by atoms with Gasteiger partial charge in [-0.15, -0.1) is 0 Å². The second-order valence-electron chi connectivity index (χ2n) is 10.1. The van der Waals surface area contributed by atoms with Crippen LogP contribution >= 0.6 is 12.2 Å². The first-order valence-corrected chi connectivity index (χ1v) is 15.3. The Bertz CT molecular complexity index is 1810. The summed E-state index contributed by atoms with van der Waals surface area (Å²) in [5.74, 6) is 0.375.